The summed E-state index contributed by atoms with van der Waals surface area (Å²) in [6, 6.07) is 13.6. The summed E-state index contributed by atoms with van der Waals surface area (Å²) in [7, 11) is 1.63. The molecule has 0 unspecified atom stereocenters. The molecule has 7 heteroatoms. The zero-order chi connectivity index (χ0) is 21.4. The van der Waals surface area contributed by atoms with Crippen LogP contribution in [0.1, 0.15) is 33.0 Å². The van der Waals surface area contributed by atoms with Crippen molar-refractivity contribution < 1.29 is 9.53 Å². The van der Waals surface area contributed by atoms with E-state index in [4.69, 9.17) is 4.74 Å². The molecule has 0 radical (unpaired) electrons. The number of nitrogens with zero attached hydrogens (tertiary/aromatic N) is 4. The van der Waals surface area contributed by atoms with Crippen LogP contribution in [-0.2, 0) is 0 Å². The van der Waals surface area contributed by atoms with Crippen LogP contribution in [0, 0.1) is 27.7 Å². The number of carbonyl (C=O) groups excluding carboxylic acids is 1. The van der Waals surface area contributed by atoms with Crippen LogP contribution in [0.2, 0.25) is 0 Å². The maximum atomic E-state index is 12.9. The van der Waals surface area contributed by atoms with Gasteiger partial charge in [0.15, 0.2) is 11.3 Å². The van der Waals surface area contributed by atoms with Gasteiger partial charge in [-0.15, -0.1) is 10.2 Å². The maximum Gasteiger partial charge on any atom is 0.278 e. The molecule has 152 valence electrons. The standard InChI is InChI=1S/C23H23N5O2/c1-13-6-11-19(14(2)12-13)24-23(29)21-16(4)28-22(26-25-21)20(15(3)27-28)17-7-9-18(30-5)10-8-17/h6-12H,1-5H3,(H,24,29). The van der Waals surface area contributed by atoms with E-state index >= 15 is 0 Å². The van der Waals surface area contributed by atoms with Gasteiger partial charge in [0.25, 0.3) is 5.91 Å². The number of hydrogen-bond donors (Lipinski definition) is 1. The summed E-state index contributed by atoms with van der Waals surface area (Å²) in [6.07, 6.45) is 0. The summed E-state index contributed by atoms with van der Waals surface area (Å²) in [4.78, 5) is 12.9. The third-order valence-electron chi connectivity index (χ3n) is 5.17. The molecule has 0 saturated heterocycles. The highest BCUT2D eigenvalue weighted by Gasteiger charge is 2.20. The van der Waals surface area contributed by atoms with Crippen LogP contribution < -0.4 is 10.1 Å². The van der Waals surface area contributed by atoms with Gasteiger partial charge in [0.05, 0.1) is 24.1 Å². The van der Waals surface area contributed by atoms with E-state index in [1.807, 2.05) is 70.2 Å². The molecule has 0 spiro atoms. The summed E-state index contributed by atoms with van der Waals surface area (Å²) < 4.78 is 6.92. The number of aromatic nitrogens is 4. The Kier molecular flexibility index (Phi) is 4.95. The summed E-state index contributed by atoms with van der Waals surface area (Å²) in [5.41, 5.74) is 7.02. The van der Waals surface area contributed by atoms with Gasteiger partial charge in [0.1, 0.15) is 5.75 Å². The monoisotopic (exact) mass is 401 g/mol. The first kappa shape index (κ1) is 19.6. The number of anilines is 1. The predicted molar refractivity (Wildman–Crippen MR) is 116 cm³/mol. The molecule has 1 N–H and O–H groups in total. The number of benzene rings is 2. The van der Waals surface area contributed by atoms with Gasteiger partial charge in [-0.3, -0.25) is 4.79 Å². The predicted octanol–water partition coefficient (Wildman–Crippen LogP) is 4.29. The Morgan fingerprint density at radius 1 is 1.00 bits per heavy atom. The van der Waals surface area contributed by atoms with E-state index in [-0.39, 0.29) is 11.6 Å². The lowest BCUT2D eigenvalue weighted by Crippen LogP contribution is -2.19. The average molecular weight is 401 g/mol. The largest absolute Gasteiger partial charge is 0.497 e. The van der Waals surface area contributed by atoms with E-state index in [0.29, 0.717) is 11.3 Å². The van der Waals surface area contributed by atoms with Crippen molar-refractivity contribution in [1.29, 1.82) is 0 Å². The second kappa shape index (κ2) is 7.59. The second-order valence-electron chi connectivity index (χ2n) is 7.33. The van der Waals surface area contributed by atoms with Crippen LogP contribution in [-0.4, -0.2) is 32.8 Å². The highest BCUT2D eigenvalue weighted by molar-refractivity contribution is 6.04. The SMILES string of the molecule is COc1ccc(-c2c(C)nn3c(C)c(C(=O)Nc4ccc(C)cc4C)nnc23)cc1. The molecule has 0 atom stereocenters. The Morgan fingerprint density at radius 2 is 1.73 bits per heavy atom. The molecule has 2 aromatic heterocycles. The molecule has 0 aliphatic heterocycles. The van der Waals surface area contributed by atoms with Crippen LogP contribution in [0.5, 0.6) is 5.75 Å². The molecule has 4 rings (SSSR count). The van der Waals surface area contributed by atoms with Gasteiger partial charge < -0.3 is 10.1 Å². The average Bonchev–Trinajstić information content (AvgIpc) is 3.07. The molecule has 0 saturated carbocycles. The van der Waals surface area contributed by atoms with Gasteiger partial charge >= 0.3 is 0 Å². The van der Waals surface area contributed by atoms with Crippen molar-refractivity contribution in [2.45, 2.75) is 27.7 Å². The molecule has 7 nitrogen and oxygen atoms in total. The molecule has 2 aromatic carbocycles. The number of ether oxygens (including phenoxy) is 1. The summed E-state index contributed by atoms with van der Waals surface area (Å²) in [6.45, 7) is 7.72. The van der Waals surface area contributed by atoms with Crippen molar-refractivity contribution in [3.05, 3.63) is 70.7 Å². The summed E-state index contributed by atoms with van der Waals surface area (Å²) >= 11 is 0. The number of amides is 1. The highest BCUT2D eigenvalue weighted by Crippen LogP contribution is 2.29. The molecule has 2 heterocycles. The van der Waals surface area contributed by atoms with Crippen molar-refractivity contribution in [1.82, 2.24) is 19.8 Å². The molecule has 0 fully saturated rings. The molecule has 0 aliphatic carbocycles. The van der Waals surface area contributed by atoms with Crippen molar-refractivity contribution in [2.24, 2.45) is 0 Å². The lowest BCUT2D eigenvalue weighted by Gasteiger charge is -2.10. The van der Waals surface area contributed by atoms with Crippen LogP contribution in [0.3, 0.4) is 0 Å². The first-order chi connectivity index (χ1) is 14.4. The van der Waals surface area contributed by atoms with E-state index in [0.717, 1.165) is 39.4 Å². The smallest absolute Gasteiger partial charge is 0.278 e. The minimum absolute atomic E-state index is 0.242. The number of methoxy groups -OCH3 is 1. The fourth-order valence-corrected chi connectivity index (χ4v) is 3.55. The van der Waals surface area contributed by atoms with Gasteiger partial charge in [-0.25, -0.2) is 4.52 Å². The number of hydrogen-bond acceptors (Lipinski definition) is 5. The van der Waals surface area contributed by atoms with E-state index in [1.165, 1.54) is 0 Å². The van der Waals surface area contributed by atoms with Crippen molar-refractivity contribution in [2.75, 3.05) is 12.4 Å². The van der Waals surface area contributed by atoms with E-state index in [2.05, 4.69) is 20.6 Å². The van der Waals surface area contributed by atoms with E-state index in [1.54, 1.807) is 11.6 Å². The second-order valence-corrected chi connectivity index (χ2v) is 7.33. The van der Waals surface area contributed by atoms with Crippen molar-refractivity contribution >= 4 is 17.2 Å². The molecular formula is C23H23N5O2. The number of aryl methyl sites for hydroxylation is 4. The summed E-state index contributed by atoms with van der Waals surface area (Å²) in [5.74, 6) is 0.466. The Labute approximate surface area is 174 Å². The number of nitrogens with one attached hydrogen (secondary N) is 1. The van der Waals surface area contributed by atoms with Gasteiger partial charge in [-0.1, -0.05) is 29.8 Å². The highest BCUT2D eigenvalue weighted by atomic mass is 16.5. The molecular weight excluding hydrogens is 378 g/mol. The normalized spacial score (nSPS) is 11.0. The Morgan fingerprint density at radius 3 is 2.40 bits per heavy atom. The third-order valence-corrected chi connectivity index (χ3v) is 5.17. The van der Waals surface area contributed by atoms with Gasteiger partial charge in [0, 0.05) is 5.69 Å². The lowest BCUT2D eigenvalue weighted by atomic mass is 10.1. The Balaban J connectivity index is 1.73. The van der Waals surface area contributed by atoms with E-state index in [9.17, 15) is 4.79 Å². The van der Waals surface area contributed by atoms with Crippen LogP contribution in [0.4, 0.5) is 5.69 Å². The zero-order valence-corrected chi connectivity index (χ0v) is 17.6. The minimum Gasteiger partial charge on any atom is -0.497 e. The quantitative estimate of drug-likeness (QED) is 0.552. The van der Waals surface area contributed by atoms with Crippen LogP contribution >= 0.6 is 0 Å². The molecule has 4 aromatic rings. The fourth-order valence-electron chi connectivity index (χ4n) is 3.55. The van der Waals surface area contributed by atoms with E-state index < -0.39 is 0 Å². The van der Waals surface area contributed by atoms with Gasteiger partial charge in [-0.05, 0) is 57.0 Å². The first-order valence-electron chi connectivity index (χ1n) is 9.64. The number of fused-ring (bicyclic) bond motifs is 1. The fraction of sp³-hybridized carbons (Fsp3) is 0.217. The van der Waals surface area contributed by atoms with Gasteiger partial charge in [0.2, 0.25) is 0 Å². The van der Waals surface area contributed by atoms with Crippen LogP contribution in [0.25, 0.3) is 16.8 Å². The topological polar surface area (TPSA) is 81.4 Å². The van der Waals surface area contributed by atoms with Crippen molar-refractivity contribution in [3.63, 3.8) is 0 Å². The molecule has 1 amide bonds. The summed E-state index contributed by atoms with van der Waals surface area (Å²) in [5, 5.41) is 16.1. The number of rotatable bonds is 4. The third kappa shape index (κ3) is 3.39. The van der Waals surface area contributed by atoms with Crippen molar-refractivity contribution in [3.8, 4) is 16.9 Å². The molecule has 0 aliphatic rings. The van der Waals surface area contributed by atoms with Crippen LogP contribution in [0.15, 0.2) is 42.5 Å². The Hall–Kier alpha value is -3.74. The zero-order valence-electron chi connectivity index (χ0n) is 17.6. The Bertz CT molecular complexity index is 1260. The molecule has 0 bridgehead atoms. The first-order valence-corrected chi connectivity index (χ1v) is 9.64. The molecule has 30 heavy (non-hydrogen) atoms. The minimum atomic E-state index is -0.312. The van der Waals surface area contributed by atoms with Gasteiger partial charge in [-0.2, -0.15) is 5.10 Å². The maximum absolute atomic E-state index is 12.9. The lowest BCUT2D eigenvalue weighted by molar-refractivity contribution is 0.102. The number of carbonyl (C=O) groups is 1.